The highest BCUT2D eigenvalue weighted by molar-refractivity contribution is 8.15. The highest BCUT2D eigenvalue weighted by Gasteiger charge is 2.47. The Morgan fingerprint density at radius 3 is 2.81 bits per heavy atom. The zero-order valence-electron chi connectivity index (χ0n) is 14.5. The van der Waals surface area contributed by atoms with Gasteiger partial charge in [-0.3, -0.25) is 19.8 Å². The summed E-state index contributed by atoms with van der Waals surface area (Å²) in [4.78, 5) is 41.8. The fourth-order valence-electron chi connectivity index (χ4n) is 3.08. The summed E-state index contributed by atoms with van der Waals surface area (Å²) in [6.07, 6.45) is 0.618. The maximum atomic E-state index is 12.9. The molecular formula is C17H17N3O5S. The summed E-state index contributed by atoms with van der Waals surface area (Å²) in [6.45, 7) is 3.57. The van der Waals surface area contributed by atoms with E-state index >= 15 is 0 Å². The number of allylic oxidation sites excluding steroid dienone is 1. The van der Waals surface area contributed by atoms with Crippen LogP contribution < -0.4 is 0 Å². The molecule has 0 spiro atoms. The quantitative estimate of drug-likeness (QED) is 0.455. The molecule has 1 saturated heterocycles. The highest BCUT2D eigenvalue weighted by atomic mass is 32.2. The Bertz CT molecular complexity index is 864. The van der Waals surface area contributed by atoms with E-state index in [0.29, 0.717) is 22.8 Å². The molecule has 0 aliphatic carbocycles. The third-order valence-electron chi connectivity index (χ3n) is 4.32. The van der Waals surface area contributed by atoms with Crippen LogP contribution in [-0.4, -0.2) is 39.2 Å². The number of benzene rings is 1. The second-order valence-corrected chi connectivity index (χ2v) is 7.03. The van der Waals surface area contributed by atoms with E-state index in [4.69, 9.17) is 4.74 Å². The number of carbonyl (C=O) groups excluding carboxylic acids is 2. The molecule has 0 N–H and O–H groups in total. The van der Waals surface area contributed by atoms with E-state index in [2.05, 4.69) is 4.99 Å². The number of nitrogens with zero attached hydrogens (tertiary/aromatic N) is 3. The summed E-state index contributed by atoms with van der Waals surface area (Å²) in [7, 11) is 1.25. The number of thioether (sulfide) groups is 1. The van der Waals surface area contributed by atoms with Crippen molar-refractivity contribution < 1.29 is 19.2 Å². The van der Waals surface area contributed by atoms with Crippen molar-refractivity contribution in [3.05, 3.63) is 51.2 Å². The van der Waals surface area contributed by atoms with Crippen LogP contribution in [0.1, 0.15) is 31.9 Å². The van der Waals surface area contributed by atoms with Crippen molar-refractivity contribution >= 4 is 34.5 Å². The van der Waals surface area contributed by atoms with E-state index in [1.807, 2.05) is 6.92 Å². The Labute approximate surface area is 154 Å². The Morgan fingerprint density at radius 2 is 2.19 bits per heavy atom. The monoisotopic (exact) mass is 375 g/mol. The van der Waals surface area contributed by atoms with Gasteiger partial charge in [-0.15, -0.1) is 0 Å². The lowest BCUT2D eigenvalue weighted by Crippen LogP contribution is -2.40. The molecule has 1 amide bonds. The number of aliphatic imine (C=N–C) groups is 1. The molecule has 3 rings (SSSR count). The molecule has 2 aliphatic heterocycles. The van der Waals surface area contributed by atoms with Crippen molar-refractivity contribution in [3.63, 3.8) is 0 Å². The molecule has 1 fully saturated rings. The Hall–Kier alpha value is -2.68. The van der Waals surface area contributed by atoms with Crippen molar-refractivity contribution in [1.82, 2.24) is 4.90 Å². The normalized spacial score (nSPS) is 22.2. The van der Waals surface area contributed by atoms with Crippen molar-refractivity contribution in [2.45, 2.75) is 31.6 Å². The molecule has 0 aromatic heterocycles. The average molecular weight is 375 g/mol. The zero-order chi connectivity index (χ0) is 19.0. The molecular weight excluding hydrogens is 358 g/mol. The van der Waals surface area contributed by atoms with Gasteiger partial charge in [-0.05, 0) is 18.9 Å². The number of rotatable bonds is 4. The first-order valence-corrected chi connectivity index (χ1v) is 8.88. The number of non-ortho nitro benzene ring substituents is 1. The van der Waals surface area contributed by atoms with Gasteiger partial charge in [0.25, 0.3) is 5.69 Å². The predicted molar refractivity (Wildman–Crippen MR) is 96.5 cm³/mol. The first kappa shape index (κ1) is 18.1. The van der Waals surface area contributed by atoms with E-state index in [1.165, 1.54) is 42.0 Å². The van der Waals surface area contributed by atoms with Gasteiger partial charge < -0.3 is 4.74 Å². The maximum absolute atomic E-state index is 12.9. The number of carbonyl (C=O) groups is 2. The molecule has 0 saturated carbocycles. The summed E-state index contributed by atoms with van der Waals surface area (Å²) in [6, 6.07) is 5.14. The molecule has 0 radical (unpaired) electrons. The molecule has 1 aromatic carbocycles. The third kappa shape index (κ3) is 2.88. The molecule has 9 heteroatoms. The van der Waals surface area contributed by atoms with Crippen LogP contribution in [0.3, 0.4) is 0 Å². The number of fused-ring (bicyclic) bond motifs is 1. The fraction of sp³-hybridized carbons (Fsp3) is 0.353. The van der Waals surface area contributed by atoms with Crippen LogP contribution in [-0.2, 0) is 14.3 Å². The van der Waals surface area contributed by atoms with Crippen LogP contribution in [0.15, 0.2) is 40.5 Å². The number of hydrogen-bond donors (Lipinski definition) is 0. The Morgan fingerprint density at radius 1 is 1.46 bits per heavy atom. The molecule has 2 aliphatic rings. The molecule has 2 unspecified atom stereocenters. The number of hydrogen-bond acceptors (Lipinski definition) is 7. The second-order valence-electron chi connectivity index (χ2n) is 5.86. The number of amidine groups is 1. The van der Waals surface area contributed by atoms with Gasteiger partial charge >= 0.3 is 5.97 Å². The lowest BCUT2D eigenvalue weighted by atomic mass is 9.94. The number of nitro groups is 1. The van der Waals surface area contributed by atoms with Gasteiger partial charge in [0, 0.05) is 12.1 Å². The van der Waals surface area contributed by atoms with Gasteiger partial charge in [0.2, 0.25) is 5.91 Å². The maximum Gasteiger partial charge on any atom is 0.338 e. The molecule has 8 nitrogen and oxygen atoms in total. The lowest BCUT2D eigenvalue weighted by molar-refractivity contribution is -0.384. The fourth-order valence-corrected chi connectivity index (χ4v) is 4.22. The van der Waals surface area contributed by atoms with Crippen LogP contribution in [0.2, 0.25) is 0 Å². The minimum atomic E-state index is -0.800. The summed E-state index contributed by atoms with van der Waals surface area (Å²) < 4.78 is 4.88. The first-order valence-electron chi connectivity index (χ1n) is 8.00. The molecule has 0 bridgehead atoms. The predicted octanol–water partition coefficient (Wildman–Crippen LogP) is 2.81. The molecule has 136 valence electrons. The SMILES string of the molecule is CCC1SC2=NC(C)=C(C(=O)OC)C(c3cccc([N+](=O)[O-])c3)N2C1=O. The number of nitro benzene ring substituents is 1. The lowest BCUT2D eigenvalue weighted by Gasteiger charge is -2.32. The minimum Gasteiger partial charge on any atom is -0.466 e. The van der Waals surface area contributed by atoms with E-state index < -0.39 is 16.9 Å². The molecule has 2 heterocycles. The Balaban J connectivity index is 2.18. The van der Waals surface area contributed by atoms with Crippen LogP contribution in [0.5, 0.6) is 0 Å². The average Bonchev–Trinajstić information content (AvgIpc) is 2.95. The topological polar surface area (TPSA) is 102 Å². The van der Waals surface area contributed by atoms with Crippen molar-refractivity contribution in [3.8, 4) is 0 Å². The van der Waals surface area contributed by atoms with Gasteiger partial charge in [0.05, 0.1) is 34.6 Å². The van der Waals surface area contributed by atoms with Crippen molar-refractivity contribution in [1.29, 1.82) is 0 Å². The number of methoxy groups -OCH3 is 1. The first-order chi connectivity index (χ1) is 12.4. The minimum absolute atomic E-state index is 0.111. The van der Waals surface area contributed by atoms with Gasteiger partial charge in [-0.25, -0.2) is 9.79 Å². The molecule has 2 atom stereocenters. The summed E-state index contributed by atoms with van der Waals surface area (Å²) >= 11 is 1.34. The van der Waals surface area contributed by atoms with Crippen LogP contribution >= 0.6 is 11.8 Å². The number of amides is 1. The third-order valence-corrected chi connectivity index (χ3v) is 5.64. The van der Waals surface area contributed by atoms with Gasteiger partial charge in [-0.1, -0.05) is 30.8 Å². The summed E-state index contributed by atoms with van der Waals surface area (Å²) in [5.41, 5.74) is 1.01. The Kier molecular flexibility index (Phi) is 4.82. The highest BCUT2D eigenvalue weighted by Crippen LogP contribution is 2.44. The smallest absolute Gasteiger partial charge is 0.338 e. The standard InChI is InChI=1S/C17H17N3O5S/c1-4-12-15(21)19-14(10-6-5-7-11(8-10)20(23)24)13(16(22)25-3)9(2)18-17(19)26-12/h5-8,12,14H,4H2,1-3H3. The number of esters is 1. The summed E-state index contributed by atoms with van der Waals surface area (Å²) in [5, 5.41) is 11.4. The van der Waals surface area contributed by atoms with Crippen molar-refractivity contribution in [2.24, 2.45) is 4.99 Å². The zero-order valence-corrected chi connectivity index (χ0v) is 15.3. The van der Waals surface area contributed by atoms with Crippen molar-refractivity contribution in [2.75, 3.05) is 7.11 Å². The van der Waals surface area contributed by atoms with E-state index in [9.17, 15) is 19.7 Å². The van der Waals surface area contributed by atoms with Crippen LogP contribution in [0, 0.1) is 10.1 Å². The van der Waals surface area contributed by atoms with E-state index in [1.54, 1.807) is 13.0 Å². The van der Waals surface area contributed by atoms with Gasteiger partial charge in [0.15, 0.2) is 5.17 Å². The van der Waals surface area contributed by atoms with E-state index in [0.717, 1.165) is 0 Å². The van der Waals surface area contributed by atoms with E-state index in [-0.39, 0.29) is 22.4 Å². The summed E-state index contributed by atoms with van der Waals surface area (Å²) in [5.74, 6) is -0.777. The molecule has 1 aromatic rings. The second kappa shape index (κ2) is 6.91. The van der Waals surface area contributed by atoms with Gasteiger partial charge in [-0.2, -0.15) is 0 Å². The van der Waals surface area contributed by atoms with Crippen LogP contribution in [0.4, 0.5) is 5.69 Å². The largest absolute Gasteiger partial charge is 0.466 e. The van der Waals surface area contributed by atoms with Gasteiger partial charge in [0.1, 0.15) is 0 Å². The van der Waals surface area contributed by atoms with Crippen LogP contribution in [0.25, 0.3) is 0 Å². The molecule has 26 heavy (non-hydrogen) atoms. The number of ether oxygens (including phenoxy) is 1.